The zero-order chi connectivity index (χ0) is 15.5. The first kappa shape index (κ1) is 15.3. The van der Waals surface area contributed by atoms with Crippen LogP contribution in [0.25, 0.3) is 0 Å². The van der Waals surface area contributed by atoms with Crippen molar-refractivity contribution in [1.29, 1.82) is 0 Å². The standard InChI is InChI=1S/C18H26N2O2/c1-13-4-2-3-5-16(13)17(15-8-9-15)19-18(22)20(10-11-21)12-14-6-7-14/h2-5,14-15,17,21H,6-12H2,1H3,(H,19,22). The fourth-order valence-electron chi connectivity index (χ4n) is 3.05. The number of carbonyl (C=O) groups is 1. The van der Waals surface area contributed by atoms with Crippen molar-refractivity contribution in [3.05, 3.63) is 35.4 Å². The highest BCUT2D eigenvalue weighted by Gasteiger charge is 2.35. The van der Waals surface area contributed by atoms with Crippen LogP contribution in [0, 0.1) is 18.8 Å². The van der Waals surface area contributed by atoms with E-state index in [1.165, 1.54) is 36.8 Å². The third-order valence-corrected chi connectivity index (χ3v) is 4.73. The highest BCUT2D eigenvalue weighted by Crippen LogP contribution is 2.42. The summed E-state index contributed by atoms with van der Waals surface area (Å²) in [7, 11) is 0. The topological polar surface area (TPSA) is 52.6 Å². The number of aryl methyl sites for hydroxylation is 1. The lowest BCUT2D eigenvalue weighted by molar-refractivity contribution is 0.170. The molecule has 3 rings (SSSR count). The van der Waals surface area contributed by atoms with E-state index in [1.54, 1.807) is 4.90 Å². The summed E-state index contributed by atoms with van der Waals surface area (Å²) < 4.78 is 0. The lowest BCUT2D eigenvalue weighted by atomic mass is 9.98. The molecule has 1 aromatic rings. The van der Waals surface area contributed by atoms with Crippen molar-refractivity contribution >= 4 is 6.03 Å². The Balaban J connectivity index is 1.69. The Hall–Kier alpha value is -1.55. The molecule has 0 bridgehead atoms. The van der Waals surface area contributed by atoms with Gasteiger partial charge >= 0.3 is 6.03 Å². The zero-order valence-electron chi connectivity index (χ0n) is 13.3. The largest absolute Gasteiger partial charge is 0.395 e. The highest BCUT2D eigenvalue weighted by atomic mass is 16.3. The highest BCUT2D eigenvalue weighted by molar-refractivity contribution is 5.75. The van der Waals surface area contributed by atoms with Crippen LogP contribution in [0.2, 0.25) is 0 Å². The summed E-state index contributed by atoms with van der Waals surface area (Å²) in [5, 5.41) is 12.4. The lowest BCUT2D eigenvalue weighted by Gasteiger charge is -2.27. The lowest BCUT2D eigenvalue weighted by Crippen LogP contribution is -2.44. The number of benzene rings is 1. The minimum Gasteiger partial charge on any atom is -0.395 e. The molecule has 0 aliphatic heterocycles. The number of nitrogens with one attached hydrogen (secondary N) is 1. The van der Waals surface area contributed by atoms with Crippen LogP contribution in [0.4, 0.5) is 4.79 Å². The molecule has 1 aromatic carbocycles. The number of carbonyl (C=O) groups excluding carboxylic acids is 1. The van der Waals surface area contributed by atoms with Gasteiger partial charge in [-0.1, -0.05) is 24.3 Å². The Labute approximate surface area is 132 Å². The minimum atomic E-state index is -0.0268. The molecule has 0 saturated heterocycles. The molecule has 2 aliphatic carbocycles. The van der Waals surface area contributed by atoms with Crippen LogP contribution in [-0.2, 0) is 0 Å². The van der Waals surface area contributed by atoms with E-state index in [1.807, 2.05) is 12.1 Å². The quantitative estimate of drug-likeness (QED) is 0.814. The summed E-state index contributed by atoms with van der Waals surface area (Å²) in [5.74, 6) is 1.19. The molecule has 0 radical (unpaired) electrons. The van der Waals surface area contributed by atoms with Gasteiger partial charge in [0.25, 0.3) is 0 Å². The second-order valence-corrected chi connectivity index (χ2v) is 6.73. The van der Waals surface area contributed by atoms with Gasteiger partial charge in [-0.3, -0.25) is 0 Å². The minimum absolute atomic E-state index is 0.0264. The van der Waals surface area contributed by atoms with Crippen molar-refractivity contribution in [3.63, 3.8) is 0 Å². The molecule has 2 N–H and O–H groups in total. The summed E-state index contributed by atoms with van der Waals surface area (Å²) in [4.78, 5) is 14.4. The van der Waals surface area contributed by atoms with E-state index in [2.05, 4.69) is 24.4 Å². The number of aliphatic hydroxyl groups excluding tert-OH is 1. The fraction of sp³-hybridized carbons (Fsp3) is 0.611. The van der Waals surface area contributed by atoms with Crippen LogP contribution < -0.4 is 5.32 Å². The second kappa shape index (κ2) is 6.69. The molecule has 2 aliphatic rings. The molecule has 1 unspecified atom stereocenters. The van der Waals surface area contributed by atoms with E-state index in [9.17, 15) is 9.90 Å². The molecule has 1 atom stereocenters. The van der Waals surface area contributed by atoms with Gasteiger partial charge in [0.1, 0.15) is 0 Å². The average Bonchev–Trinajstić information content (AvgIpc) is 3.38. The van der Waals surface area contributed by atoms with Gasteiger partial charge in [-0.2, -0.15) is 0 Å². The number of nitrogens with zero attached hydrogens (tertiary/aromatic N) is 1. The summed E-state index contributed by atoms with van der Waals surface area (Å²) >= 11 is 0. The van der Waals surface area contributed by atoms with Crippen LogP contribution in [0.3, 0.4) is 0 Å². The van der Waals surface area contributed by atoms with Gasteiger partial charge in [0.2, 0.25) is 0 Å². The van der Waals surface area contributed by atoms with Gasteiger partial charge in [0.05, 0.1) is 12.6 Å². The molecule has 2 saturated carbocycles. The second-order valence-electron chi connectivity index (χ2n) is 6.73. The van der Waals surface area contributed by atoms with Gasteiger partial charge in [-0.25, -0.2) is 4.79 Å². The molecule has 0 aromatic heterocycles. The molecule has 0 spiro atoms. The van der Waals surface area contributed by atoms with E-state index in [-0.39, 0.29) is 18.7 Å². The maximum absolute atomic E-state index is 12.6. The normalized spacial score (nSPS) is 18.8. The summed E-state index contributed by atoms with van der Waals surface area (Å²) in [6.07, 6.45) is 4.78. The Kier molecular flexibility index (Phi) is 4.67. The van der Waals surface area contributed by atoms with Crippen LogP contribution in [0.15, 0.2) is 24.3 Å². The van der Waals surface area contributed by atoms with E-state index >= 15 is 0 Å². The molecule has 4 nitrogen and oxygen atoms in total. The maximum Gasteiger partial charge on any atom is 0.317 e. The predicted molar refractivity (Wildman–Crippen MR) is 86.6 cm³/mol. The molecule has 4 heteroatoms. The van der Waals surface area contributed by atoms with E-state index in [4.69, 9.17) is 0 Å². The molecule has 120 valence electrons. The van der Waals surface area contributed by atoms with Gasteiger partial charge in [0, 0.05) is 13.1 Å². The number of hydrogen-bond donors (Lipinski definition) is 2. The van der Waals surface area contributed by atoms with Crippen molar-refractivity contribution in [2.75, 3.05) is 19.7 Å². The predicted octanol–water partition coefficient (Wildman–Crippen LogP) is 2.86. The molecular formula is C18H26N2O2. The number of rotatable bonds is 7. The van der Waals surface area contributed by atoms with Crippen LogP contribution in [0.1, 0.15) is 42.9 Å². The van der Waals surface area contributed by atoms with Gasteiger partial charge in [-0.15, -0.1) is 0 Å². The van der Waals surface area contributed by atoms with Gasteiger partial charge in [0.15, 0.2) is 0 Å². The first-order valence-corrected chi connectivity index (χ1v) is 8.41. The van der Waals surface area contributed by atoms with E-state index in [0.717, 1.165) is 6.54 Å². The summed E-state index contributed by atoms with van der Waals surface area (Å²) in [6.45, 7) is 3.33. The number of urea groups is 1. The fourth-order valence-corrected chi connectivity index (χ4v) is 3.05. The Morgan fingerprint density at radius 2 is 2.05 bits per heavy atom. The number of aliphatic hydroxyl groups is 1. The van der Waals surface area contributed by atoms with Gasteiger partial charge in [-0.05, 0) is 55.6 Å². The van der Waals surface area contributed by atoms with Crippen LogP contribution in [0.5, 0.6) is 0 Å². The van der Waals surface area contributed by atoms with Crippen molar-refractivity contribution < 1.29 is 9.90 Å². The van der Waals surface area contributed by atoms with Crippen LogP contribution in [-0.4, -0.2) is 35.7 Å². The van der Waals surface area contributed by atoms with Crippen molar-refractivity contribution in [1.82, 2.24) is 10.2 Å². The third-order valence-electron chi connectivity index (χ3n) is 4.73. The van der Waals surface area contributed by atoms with E-state index in [0.29, 0.717) is 18.4 Å². The Morgan fingerprint density at radius 1 is 1.32 bits per heavy atom. The molecule has 2 amide bonds. The molecular weight excluding hydrogens is 276 g/mol. The maximum atomic E-state index is 12.6. The first-order valence-electron chi connectivity index (χ1n) is 8.41. The van der Waals surface area contributed by atoms with Crippen LogP contribution >= 0.6 is 0 Å². The van der Waals surface area contributed by atoms with Crippen molar-refractivity contribution in [3.8, 4) is 0 Å². The number of amides is 2. The monoisotopic (exact) mass is 302 g/mol. The Morgan fingerprint density at radius 3 is 2.64 bits per heavy atom. The molecule has 0 heterocycles. The zero-order valence-corrected chi connectivity index (χ0v) is 13.3. The van der Waals surface area contributed by atoms with Crippen molar-refractivity contribution in [2.45, 2.75) is 38.6 Å². The SMILES string of the molecule is Cc1ccccc1C(NC(=O)N(CCO)CC1CC1)C1CC1. The first-order chi connectivity index (χ1) is 10.7. The number of hydrogen-bond acceptors (Lipinski definition) is 2. The van der Waals surface area contributed by atoms with Gasteiger partial charge < -0.3 is 15.3 Å². The third kappa shape index (κ3) is 3.80. The van der Waals surface area contributed by atoms with E-state index < -0.39 is 0 Å². The summed E-state index contributed by atoms with van der Waals surface area (Å²) in [6, 6.07) is 8.38. The summed E-state index contributed by atoms with van der Waals surface area (Å²) in [5.41, 5.74) is 2.46. The molecule has 22 heavy (non-hydrogen) atoms. The molecule has 2 fully saturated rings. The van der Waals surface area contributed by atoms with Crippen molar-refractivity contribution in [2.24, 2.45) is 11.8 Å². The average molecular weight is 302 g/mol. The smallest absolute Gasteiger partial charge is 0.317 e. The Bertz CT molecular complexity index is 524.